The molecule has 1 aromatic heterocycles. The number of quaternary nitrogens is 1. The van der Waals surface area contributed by atoms with Crippen LogP contribution in [0.5, 0.6) is 0 Å². The summed E-state index contributed by atoms with van der Waals surface area (Å²) in [6.07, 6.45) is 1.52. The molecule has 1 aliphatic rings. The molecular weight excluding hydrogens is 370 g/mol. The number of benzene rings is 1. The second-order valence-corrected chi connectivity index (χ2v) is 7.28. The summed E-state index contributed by atoms with van der Waals surface area (Å²) < 4.78 is 10.7. The number of urea groups is 1. The first-order valence-corrected chi connectivity index (χ1v) is 9.90. The minimum atomic E-state index is -0.685. The van der Waals surface area contributed by atoms with Gasteiger partial charge in [-0.2, -0.15) is 0 Å². The Labute approximate surface area is 170 Å². The number of ether oxygens (including phenoxy) is 1. The zero-order chi connectivity index (χ0) is 20.8. The molecule has 2 amide bonds. The highest BCUT2D eigenvalue weighted by Crippen LogP contribution is 2.28. The number of hydrogen-bond donors (Lipinski definition) is 3. The lowest BCUT2D eigenvalue weighted by atomic mass is 9.95. The Morgan fingerprint density at radius 3 is 2.59 bits per heavy atom. The van der Waals surface area contributed by atoms with E-state index in [2.05, 4.69) is 41.9 Å². The molecule has 0 saturated carbocycles. The first kappa shape index (κ1) is 20.7. The Morgan fingerprint density at radius 1 is 1.21 bits per heavy atom. The van der Waals surface area contributed by atoms with Crippen LogP contribution in [0.15, 0.2) is 64.4 Å². The van der Waals surface area contributed by atoms with Crippen molar-refractivity contribution in [1.82, 2.24) is 10.6 Å². The molecule has 1 aliphatic heterocycles. The number of rotatable bonds is 8. The second kappa shape index (κ2) is 9.43. The van der Waals surface area contributed by atoms with Gasteiger partial charge < -0.3 is 25.1 Å². The van der Waals surface area contributed by atoms with Crippen molar-refractivity contribution in [3.05, 3.63) is 71.3 Å². The van der Waals surface area contributed by atoms with Gasteiger partial charge in [0.05, 0.1) is 24.1 Å². The van der Waals surface area contributed by atoms with E-state index in [9.17, 15) is 9.59 Å². The smallest absolute Gasteiger partial charge is 0.338 e. The van der Waals surface area contributed by atoms with Crippen molar-refractivity contribution >= 4 is 12.0 Å². The summed E-state index contributed by atoms with van der Waals surface area (Å²) in [5, 5.41) is 7.70. The Kier molecular flexibility index (Phi) is 6.72. The van der Waals surface area contributed by atoms with Crippen LogP contribution in [0.1, 0.15) is 44.2 Å². The molecular formula is C22H28N3O4+. The van der Waals surface area contributed by atoms with E-state index in [0.29, 0.717) is 29.5 Å². The lowest BCUT2D eigenvalue weighted by molar-refractivity contribution is -0.696. The van der Waals surface area contributed by atoms with Crippen LogP contribution in [-0.2, 0) is 9.53 Å². The molecule has 2 aromatic rings. The van der Waals surface area contributed by atoms with Crippen molar-refractivity contribution in [2.24, 2.45) is 5.92 Å². The third-order valence-electron chi connectivity index (χ3n) is 4.96. The summed E-state index contributed by atoms with van der Waals surface area (Å²) in [7, 11) is 0. The van der Waals surface area contributed by atoms with Crippen molar-refractivity contribution in [3.8, 4) is 0 Å². The summed E-state index contributed by atoms with van der Waals surface area (Å²) in [6, 6.07) is 12.8. The third kappa shape index (κ3) is 4.86. The molecule has 4 N–H and O–H groups in total. The Balaban J connectivity index is 1.92. The van der Waals surface area contributed by atoms with Crippen LogP contribution < -0.4 is 16.0 Å². The molecule has 3 rings (SSSR count). The van der Waals surface area contributed by atoms with Crippen LogP contribution in [0.2, 0.25) is 0 Å². The van der Waals surface area contributed by atoms with Gasteiger partial charge in [-0.1, -0.05) is 44.2 Å². The monoisotopic (exact) mass is 398 g/mol. The number of nitrogens with one attached hydrogen (secondary N) is 2. The zero-order valence-corrected chi connectivity index (χ0v) is 17.0. The van der Waals surface area contributed by atoms with Gasteiger partial charge in [0.25, 0.3) is 0 Å². The maximum absolute atomic E-state index is 12.7. The van der Waals surface area contributed by atoms with Crippen molar-refractivity contribution < 1.29 is 24.1 Å². The van der Waals surface area contributed by atoms with Gasteiger partial charge in [-0.3, -0.25) is 0 Å². The van der Waals surface area contributed by atoms with Gasteiger partial charge in [0.15, 0.2) is 0 Å². The highest BCUT2D eigenvalue weighted by atomic mass is 16.5. The molecule has 0 unspecified atom stereocenters. The quantitative estimate of drug-likeness (QED) is 0.595. The van der Waals surface area contributed by atoms with E-state index >= 15 is 0 Å². The number of carbonyl (C=O) groups is 2. The summed E-state index contributed by atoms with van der Waals surface area (Å²) in [5.74, 6) is 0.386. The van der Waals surface area contributed by atoms with E-state index in [0.717, 1.165) is 0 Å². The van der Waals surface area contributed by atoms with Gasteiger partial charge in [-0.05, 0) is 19.1 Å². The Bertz CT molecular complexity index is 859. The van der Waals surface area contributed by atoms with E-state index in [4.69, 9.17) is 9.15 Å². The number of hydrogen-bond acceptors (Lipinski definition) is 4. The molecule has 1 aromatic carbocycles. The topological polar surface area (TPSA) is 97.2 Å². The predicted octanol–water partition coefficient (Wildman–Crippen LogP) is 2.41. The van der Waals surface area contributed by atoms with Gasteiger partial charge in [0, 0.05) is 11.5 Å². The van der Waals surface area contributed by atoms with E-state index in [1.54, 1.807) is 19.1 Å². The van der Waals surface area contributed by atoms with Gasteiger partial charge >= 0.3 is 12.0 Å². The van der Waals surface area contributed by atoms with Crippen molar-refractivity contribution in [2.45, 2.75) is 32.9 Å². The summed E-state index contributed by atoms with van der Waals surface area (Å²) in [5.41, 5.74) is 2.10. The third-order valence-corrected chi connectivity index (χ3v) is 4.96. The maximum Gasteiger partial charge on any atom is 0.338 e. The average molecular weight is 398 g/mol. The van der Waals surface area contributed by atoms with Crippen LogP contribution in [-0.4, -0.2) is 25.2 Å². The van der Waals surface area contributed by atoms with Crippen LogP contribution in [0.25, 0.3) is 0 Å². The van der Waals surface area contributed by atoms with E-state index in [1.807, 2.05) is 18.2 Å². The average Bonchev–Trinajstić information content (AvgIpc) is 3.23. The summed E-state index contributed by atoms with van der Waals surface area (Å²) in [4.78, 5) is 25.0. The lowest BCUT2D eigenvalue weighted by Crippen LogP contribution is -2.87. The predicted molar refractivity (Wildman–Crippen MR) is 108 cm³/mol. The second-order valence-electron chi connectivity index (χ2n) is 7.28. The first-order chi connectivity index (χ1) is 14.0. The highest BCUT2D eigenvalue weighted by Gasteiger charge is 2.36. The molecule has 0 saturated heterocycles. The van der Waals surface area contributed by atoms with Gasteiger partial charge in [0.2, 0.25) is 0 Å². The molecule has 2 heterocycles. The SMILES string of the molecule is CCOC(=O)C1=C(C[NH2+][C@H](c2ccccc2)C(C)C)NC(=O)N[C@@H]1c1ccco1. The number of esters is 1. The number of amides is 2. The maximum atomic E-state index is 12.7. The van der Waals surface area contributed by atoms with Gasteiger partial charge in [-0.15, -0.1) is 0 Å². The number of carbonyl (C=O) groups excluding carboxylic acids is 2. The normalized spacial score (nSPS) is 17.7. The minimum absolute atomic E-state index is 0.181. The fourth-order valence-electron chi connectivity index (χ4n) is 3.61. The molecule has 0 radical (unpaired) electrons. The van der Waals surface area contributed by atoms with Crippen molar-refractivity contribution in [2.75, 3.05) is 13.2 Å². The van der Waals surface area contributed by atoms with Crippen molar-refractivity contribution in [1.29, 1.82) is 0 Å². The fraction of sp³-hybridized carbons (Fsp3) is 0.364. The molecule has 0 spiro atoms. The Morgan fingerprint density at radius 2 is 1.97 bits per heavy atom. The summed E-state index contributed by atoms with van der Waals surface area (Å²) >= 11 is 0. The molecule has 154 valence electrons. The number of furan rings is 1. The molecule has 0 bridgehead atoms. The van der Waals surface area contributed by atoms with Crippen molar-refractivity contribution in [3.63, 3.8) is 0 Å². The van der Waals surface area contributed by atoms with Crippen LogP contribution in [0, 0.1) is 5.92 Å². The molecule has 2 atom stereocenters. The zero-order valence-electron chi connectivity index (χ0n) is 17.0. The van der Waals surface area contributed by atoms with E-state index in [-0.39, 0.29) is 18.7 Å². The van der Waals surface area contributed by atoms with Gasteiger partial charge in [0.1, 0.15) is 24.4 Å². The number of nitrogens with two attached hydrogens (primary N) is 1. The minimum Gasteiger partial charge on any atom is -0.467 e. The lowest BCUT2D eigenvalue weighted by Gasteiger charge is -2.28. The van der Waals surface area contributed by atoms with Crippen LogP contribution >= 0.6 is 0 Å². The largest absolute Gasteiger partial charge is 0.467 e. The first-order valence-electron chi connectivity index (χ1n) is 9.90. The summed E-state index contributed by atoms with van der Waals surface area (Å²) in [6.45, 7) is 6.74. The van der Waals surface area contributed by atoms with E-state index < -0.39 is 12.0 Å². The standard InChI is InChI=1S/C22H27N3O4/c1-4-28-21(26)18-16(24-22(27)25-20(18)17-11-8-12-29-17)13-23-19(14(2)3)15-9-6-5-7-10-15/h5-12,14,19-20,23H,4,13H2,1-3H3,(H2,24,25,27)/p+1/t19-,20+/m0/s1. The fourth-order valence-corrected chi connectivity index (χ4v) is 3.61. The molecule has 7 heteroatoms. The highest BCUT2D eigenvalue weighted by molar-refractivity contribution is 5.95. The van der Waals surface area contributed by atoms with E-state index in [1.165, 1.54) is 11.8 Å². The molecule has 29 heavy (non-hydrogen) atoms. The van der Waals surface area contributed by atoms with Gasteiger partial charge in [-0.25, -0.2) is 9.59 Å². The molecule has 7 nitrogen and oxygen atoms in total. The molecule has 0 fully saturated rings. The van der Waals surface area contributed by atoms with Crippen LogP contribution in [0.4, 0.5) is 4.79 Å². The van der Waals surface area contributed by atoms with Crippen LogP contribution in [0.3, 0.4) is 0 Å². The molecule has 0 aliphatic carbocycles. The Hall–Kier alpha value is -3.06.